The van der Waals surface area contributed by atoms with Crippen LogP contribution in [-0.2, 0) is 24.1 Å². The summed E-state index contributed by atoms with van der Waals surface area (Å²) in [5.74, 6) is -0.0517. The Morgan fingerprint density at radius 3 is 2.56 bits per heavy atom. The van der Waals surface area contributed by atoms with Crippen LogP contribution in [0.15, 0.2) is 85.2 Å². The summed E-state index contributed by atoms with van der Waals surface area (Å²) in [6, 6.07) is 21.5. The lowest BCUT2D eigenvalue weighted by molar-refractivity contribution is -0.113. The SMILES string of the molecule is Cc1ccc(F)c(CCCc2ccc(/C=C/C(=O)Cc3ccc4cnccc4c3)cc2)c1. The lowest BCUT2D eigenvalue weighted by Gasteiger charge is -2.05. The molecule has 0 amide bonds. The van der Waals surface area contributed by atoms with Crippen LogP contribution >= 0.6 is 0 Å². The summed E-state index contributed by atoms with van der Waals surface area (Å²) in [4.78, 5) is 16.5. The number of ketones is 1. The minimum absolute atomic E-state index is 0.0719. The first-order valence-corrected chi connectivity index (χ1v) is 10.9. The van der Waals surface area contributed by atoms with Gasteiger partial charge < -0.3 is 0 Å². The molecule has 0 radical (unpaired) electrons. The minimum Gasteiger partial charge on any atom is -0.294 e. The lowest BCUT2D eigenvalue weighted by atomic mass is 10.0. The molecule has 160 valence electrons. The third-order valence-electron chi connectivity index (χ3n) is 5.64. The van der Waals surface area contributed by atoms with Gasteiger partial charge in [0.05, 0.1) is 0 Å². The van der Waals surface area contributed by atoms with Gasteiger partial charge in [-0.3, -0.25) is 9.78 Å². The van der Waals surface area contributed by atoms with Gasteiger partial charge in [-0.15, -0.1) is 0 Å². The van der Waals surface area contributed by atoms with Crippen LogP contribution < -0.4 is 0 Å². The molecule has 32 heavy (non-hydrogen) atoms. The van der Waals surface area contributed by atoms with Gasteiger partial charge in [-0.05, 0) is 72.0 Å². The molecule has 0 saturated carbocycles. The first-order valence-electron chi connectivity index (χ1n) is 10.9. The van der Waals surface area contributed by atoms with E-state index < -0.39 is 0 Å². The molecule has 0 aliphatic heterocycles. The highest BCUT2D eigenvalue weighted by Crippen LogP contribution is 2.16. The van der Waals surface area contributed by atoms with Gasteiger partial charge in [0, 0.05) is 24.2 Å². The van der Waals surface area contributed by atoms with E-state index in [0.717, 1.165) is 52.3 Å². The van der Waals surface area contributed by atoms with Crippen molar-refractivity contribution in [1.82, 2.24) is 4.98 Å². The molecular formula is C29H26FNO. The highest BCUT2D eigenvalue weighted by atomic mass is 19.1. The monoisotopic (exact) mass is 423 g/mol. The van der Waals surface area contributed by atoms with Crippen LogP contribution in [0, 0.1) is 12.7 Å². The van der Waals surface area contributed by atoms with Crippen LogP contribution in [0.5, 0.6) is 0 Å². The van der Waals surface area contributed by atoms with Gasteiger partial charge >= 0.3 is 0 Å². The van der Waals surface area contributed by atoms with Crippen LogP contribution in [0.4, 0.5) is 4.39 Å². The van der Waals surface area contributed by atoms with Gasteiger partial charge in [-0.1, -0.05) is 66.2 Å². The summed E-state index contributed by atoms with van der Waals surface area (Å²) in [5, 5.41) is 2.17. The number of benzene rings is 3. The van der Waals surface area contributed by atoms with E-state index in [0.29, 0.717) is 6.42 Å². The fourth-order valence-electron chi connectivity index (χ4n) is 3.87. The number of carbonyl (C=O) groups excluding carboxylic acids is 1. The molecule has 0 bridgehead atoms. The van der Waals surface area contributed by atoms with Crippen molar-refractivity contribution in [1.29, 1.82) is 0 Å². The number of carbonyl (C=O) groups is 1. The number of rotatable bonds is 8. The van der Waals surface area contributed by atoms with Gasteiger partial charge in [0.15, 0.2) is 5.78 Å². The fourth-order valence-corrected chi connectivity index (χ4v) is 3.87. The third kappa shape index (κ3) is 5.76. The smallest absolute Gasteiger partial charge is 0.160 e. The average Bonchev–Trinajstić information content (AvgIpc) is 2.81. The van der Waals surface area contributed by atoms with Crippen molar-refractivity contribution in [2.24, 2.45) is 0 Å². The van der Waals surface area contributed by atoms with Crippen molar-refractivity contribution < 1.29 is 9.18 Å². The van der Waals surface area contributed by atoms with E-state index in [4.69, 9.17) is 0 Å². The number of aryl methyl sites for hydroxylation is 3. The average molecular weight is 424 g/mol. The van der Waals surface area contributed by atoms with Crippen LogP contribution in [0.1, 0.15) is 34.2 Å². The molecule has 0 unspecified atom stereocenters. The zero-order valence-corrected chi connectivity index (χ0v) is 18.2. The van der Waals surface area contributed by atoms with Crippen LogP contribution in [0.2, 0.25) is 0 Å². The molecule has 4 rings (SSSR count). The first-order chi connectivity index (χ1) is 15.6. The van der Waals surface area contributed by atoms with Crippen molar-refractivity contribution in [2.45, 2.75) is 32.6 Å². The van der Waals surface area contributed by atoms with Crippen LogP contribution in [0.25, 0.3) is 16.8 Å². The fraction of sp³-hybridized carbons (Fsp3) is 0.172. The Balaban J connectivity index is 1.29. The van der Waals surface area contributed by atoms with E-state index in [-0.39, 0.29) is 11.6 Å². The zero-order chi connectivity index (χ0) is 22.3. The van der Waals surface area contributed by atoms with Gasteiger partial charge in [0.25, 0.3) is 0 Å². The van der Waals surface area contributed by atoms with Gasteiger partial charge in [0.1, 0.15) is 5.82 Å². The first kappa shape index (κ1) is 21.6. The molecule has 3 aromatic carbocycles. The van der Waals surface area contributed by atoms with Crippen molar-refractivity contribution in [3.8, 4) is 0 Å². The van der Waals surface area contributed by atoms with Crippen molar-refractivity contribution in [3.05, 3.63) is 119 Å². The largest absolute Gasteiger partial charge is 0.294 e. The Kier molecular flexibility index (Phi) is 6.86. The number of allylic oxidation sites excluding steroid dienone is 1. The Bertz CT molecular complexity index is 1260. The number of fused-ring (bicyclic) bond motifs is 1. The lowest BCUT2D eigenvalue weighted by Crippen LogP contribution is -1.98. The maximum Gasteiger partial charge on any atom is 0.160 e. The number of nitrogens with zero attached hydrogens (tertiary/aromatic N) is 1. The second-order valence-corrected chi connectivity index (χ2v) is 8.22. The Morgan fingerprint density at radius 2 is 1.72 bits per heavy atom. The van der Waals surface area contributed by atoms with E-state index in [1.54, 1.807) is 24.4 Å². The summed E-state index contributed by atoms with van der Waals surface area (Å²) in [6.45, 7) is 1.99. The normalized spacial score (nSPS) is 11.3. The van der Waals surface area contributed by atoms with Gasteiger partial charge in [0.2, 0.25) is 0 Å². The molecular weight excluding hydrogens is 397 g/mol. The number of halogens is 1. The highest BCUT2D eigenvalue weighted by molar-refractivity contribution is 5.95. The molecule has 0 aliphatic rings. The summed E-state index contributed by atoms with van der Waals surface area (Å²) in [5.41, 5.74) is 5.08. The minimum atomic E-state index is -0.124. The summed E-state index contributed by atoms with van der Waals surface area (Å²) in [6.07, 6.45) is 10.00. The van der Waals surface area contributed by atoms with E-state index >= 15 is 0 Å². The van der Waals surface area contributed by atoms with Crippen LogP contribution in [0.3, 0.4) is 0 Å². The zero-order valence-electron chi connectivity index (χ0n) is 18.2. The second-order valence-electron chi connectivity index (χ2n) is 8.22. The molecule has 1 heterocycles. The quantitative estimate of drug-likeness (QED) is 0.296. The number of pyridine rings is 1. The number of hydrogen-bond acceptors (Lipinski definition) is 2. The van der Waals surface area contributed by atoms with E-state index in [1.807, 2.05) is 61.7 Å². The molecule has 0 saturated heterocycles. The number of aromatic nitrogens is 1. The Labute approximate surface area is 188 Å². The molecule has 0 aliphatic carbocycles. The maximum atomic E-state index is 13.9. The van der Waals surface area contributed by atoms with Gasteiger partial charge in [-0.2, -0.15) is 0 Å². The molecule has 0 fully saturated rings. The third-order valence-corrected chi connectivity index (χ3v) is 5.64. The van der Waals surface area contributed by atoms with Crippen molar-refractivity contribution >= 4 is 22.6 Å². The van der Waals surface area contributed by atoms with E-state index in [9.17, 15) is 9.18 Å². The van der Waals surface area contributed by atoms with Gasteiger partial charge in [-0.25, -0.2) is 4.39 Å². The molecule has 0 atom stereocenters. The van der Waals surface area contributed by atoms with E-state index in [2.05, 4.69) is 17.1 Å². The maximum absolute atomic E-state index is 13.9. The highest BCUT2D eigenvalue weighted by Gasteiger charge is 2.04. The summed E-state index contributed by atoms with van der Waals surface area (Å²) in [7, 11) is 0. The summed E-state index contributed by atoms with van der Waals surface area (Å²) >= 11 is 0. The molecule has 4 aromatic rings. The Hall–Kier alpha value is -3.59. The molecule has 0 spiro atoms. The molecule has 3 heteroatoms. The molecule has 0 N–H and O–H groups in total. The van der Waals surface area contributed by atoms with E-state index in [1.165, 1.54) is 5.56 Å². The summed E-state index contributed by atoms with van der Waals surface area (Å²) < 4.78 is 13.9. The van der Waals surface area contributed by atoms with Crippen LogP contribution in [-0.4, -0.2) is 10.8 Å². The second kappa shape index (κ2) is 10.1. The molecule has 2 nitrogen and oxygen atoms in total. The Morgan fingerprint density at radius 1 is 0.906 bits per heavy atom. The van der Waals surface area contributed by atoms with Crippen molar-refractivity contribution in [2.75, 3.05) is 0 Å². The van der Waals surface area contributed by atoms with Crippen molar-refractivity contribution in [3.63, 3.8) is 0 Å². The predicted octanol–water partition coefficient (Wildman–Crippen LogP) is 6.68. The molecule has 1 aromatic heterocycles. The topological polar surface area (TPSA) is 30.0 Å². The predicted molar refractivity (Wildman–Crippen MR) is 129 cm³/mol. The number of hydrogen-bond donors (Lipinski definition) is 0. The standard InChI is InChI=1S/C29H26FNO/c1-21-5-14-29(30)26(17-21)4-2-3-22-6-8-23(9-7-22)11-13-28(32)19-24-10-12-27-20-31-16-15-25(27)18-24/h5-18,20H,2-4,19H2,1H3/b13-11+.